The Labute approximate surface area is 142 Å². The van der Waals surface area contributed by atoms with Crippen LogP contribution in [0.3, 0.4) is 0 Å². The number of epoxide rings is 1. The summed E-state index contributed by atoms with van der Waals surface area (Å²) in [4.78, 5) is 0. The number of aliphatic hydroxyl groups excluding tert-OH is 4. The third kappa shape index (κ3) is 2.03. The molecule has 10 heteroatoms. The molecular formula is C15H22O10. The van der Waals surface area contributed by atoms with E-state index in [0.717, 1.165) is 0 Å². The second-order valence-corrected chi connectivity index (χ2v) is 7.72. The fourth-order valence-corrected chi connectivity index (χ4v) is 4.94. The van der Waals surface area contributed by atoms with Gasteiger partial charge in [0.15, 0.2) is 18.9 Å². The van der Waals surface area contributed by atoms with E-state index in [1.54, 1.807) is 0 Å². The zero-order valence-corrected chi connectivity index (χ0v) is 13.5. The summed E-state index contributed by atoms with van der Waals surface area (Å²) in [6, 6.07) is 0. The number of fused-ring (bicyclic) bond motifs is 4. The molecule has 0 radical (unpaired) electrons. The van der Waals surface area contributed by atoms with E-state index >= 15 is 0 Å². The predicted octanol–water partition coefficient (Wildman–Crippen LogP) is -3.21. The molecule has 0 aromatic heterocycles. The Morgan fingerprint density at radius 3 is 2.48 bits per heavy atom. The first-order chi connectivity index (χ1) is 11.8. The van der Waals surface area contributed by atoms with E-state index in [0.29, 0.717) is 6.42 Å². The van der Waals surface area contributed by atoms with Crippen molar-refractivity contribution >= 4 is 0 Å². The van der Waals surface area contributed by atoms with Crippen molar-refractivity contribution < 1.29 is 49.2 Å². The molecule has 5 fully saturated rings. The molecule has 5 rings (SSSR count). The highest BCUT2D eigenvalue weighted by Crippen LogP contribution is 2.66. The van der Waals surface area contributed by atoms with Crippen LogP contribution >= 0.6 is 0 Å². The number of hydrogen-bond donors (Lipinski definition) is 5. The lowest BCUT2D eigenvalue weighted by atomic mass is 9.80. The van der Waals surface area contributed by atoms with Crippen LogP contribution < -0.4 is 0 Å². The van der Waals surface area contributed by atoms with Crippen LogP contribution in [0.5, 0.6) is 0 Å². The fraction of sp³-hybridized carbons (Fsp3) is 1.00. The van der Waals surface area contributed by atoms with Gasteiger partial charge in [0.2, 0.25) is 0 Å². The van der Waals surface area contributed by atoms with Gasteiger partial charge >= 0.3 is 0 Å². The molecule has 0 aromatic rings. The first kappa shape index (κ1) is 16.8. The summed E-state index contributed by atoms with van der Waals surface area (Å²) in [5.74, 6) is -0.555. The second-order valence-electron chi connectivity index (χ2n) is 7.72. The maximum Gasteiger partial charge on any atom is 0.189 e. The molecule has 1 saturated carbocycles. The molecule has 0 aromatic carbocycles. The molecule has 4 heterocycles. The molecule has 2 bridgehead atoms. The molecule has 10 nitrogen and oxygen atoms in total. The molecular weight excluding hydrogens is 340 g/mol. The summed E-state index contributed by atoms with van der Waals surface area (Å²) >= 11 is 0. The van der Waals surface area contributed by atoms with Crippen LogP contribution in [0.2, 0.25) is 0 Å². The van der Waals surface area contributed by atoms with Crippen LogP contribution in [0, 0.1) is 5.92 Å². The highest BCUT2D eigenvalue weighted by atomic mass is 16.8. The van der Waals surface area contributed by atoms with Gasteiger partial charge in [-0.05, 0) is 6.92 Å². The van der Waals surface area contributed by atoms with Gasteiger partial charge in [-0.2, -0.15) is 0 Å². The fourth-order valence-electron chi connectivity index (χ4n) is 4.94. The average Bonchev–Trinajstić information content (AvgIpc) is 3.07. The van der Waals surface area contributed by atoms with Gasteiger partial charge < -0.3 is 49.2 Å². The summed E-state index contributed by atoms with van der Waals surface area (Å²) in [5.41, 5.74) is -1.82. The Kier molecular flexibility index (Phi) is 3.42. The predicted molar refractivity (Wildman–Crippen MR) is 74.7 cm³/mol. The van der Waals surface area contributed by atoms with Gasteiger partial charge in [-0.1, -0.05) is 0 Å². The zero-order valence-electron chi connectivity index (χ0n) is 13.5. The molecule has 25 heavy (non-hydrogen) atoms. The standard InChI is InChI=1S/C15H22O10/c1-14-9-13(23-5-2-15(9,20)11(22-5)10(14)25-14)24-12-8(19)7(18)6(17)4(3-16)21-12/h4-13,16-20H,2-3H2,1H3. The van der Waals surface area contributed by atoms with E-state index in [1.807, 2.05) is 6.92 Å². The monoisotopic (exact) mass is 362 g/mol. The third-order valence-corrected chi connectivity index (χ3v) is 6.28. The molecule has 1 aliphatic carbocycles. The summed E-state index contributed by atoms with van der Waals surface area (Å²) < 4.78 is 28.3. The lowest BCUT2D eigenvalue weighted by Crippen LogP contribution is -2.62. The van der Waals surface area contributed by atoms with Gasteiger partial charge in [0, 0.05) is 6.42 Å². The molecule has 4 saturated heterocycles. The minimum atomic E-state index is -1.55. The topological polar surface area (TPSA) is 151 Å². The molecule has 5 N–H and O–H groups in total. The number of rotatable bonds is 3. The maximum atomic E-state index is 11.0. The second kappa shape index (κ2) is 5.10. The van der Waals surface area contributed by atoms with Gasteiger partial charge in [0.05, 0.1) is 12.5 Å². The molecule has 12 atom stereocenters. The van der Waals surface area contributed by atoms with Crippen LogP contribution in [0.25, 0.3) is 0 Å². The van der Waals surface area contributed by atoms with E-state index in [-0.39, 0.29) is 6.10 Å². The van der Waals surface area contributed by atoms with Crippen LogP contribution in [0.15, 0.2) is 0 Å². The van der Waals surface area contributed by atoms with Crippen LogP contribution in [0.4, 0.5) is 0 Å². The first-order valence-corrected chi connectivity index (χ1v) is 8.46. The molecule has 4 aliphatic heterocycles. The maximum absolute atomic E-state index is 11.0. The third-order valence-electron chi connectivity index (χ3n) is 6.28. The molecule has 0 amide bonds. The van der Waals surface area contributed by atoms with E-state index in [2.05, 4.69) is 0 Å². The highest BCUT2D eigenvalue weighted by Gasteiger charge is 2.83. The quantitative estimate of drug-likeness (QED) is 0.325. The normalized spacial score (nSPS) is 65.0. The van der Waals surface area contributed by atoms with Gasteiger partial charge in [-0.15, -0.1) is 0 Å². The number of ether oxygens (including phenoxy) is 5. The Bertz CT molecular complexity index is 573. The largest absolute Gasteiger partial charge is 0.394 e. The van der Waals surface area contributed by atoms with Gasteiger partial charge in [-0.3, -0.25) is 0 Å². The van der Waals surface area contributed by atoms with Crippen molar-refractivity contribution in [2.75, 3.05) is 6.61 Å². The lowest BCUT2D eigenvalue weighted by Gasteiger charge is -2.45. The minimum Gasteiger partial charge on any atom is -0.394 e. The van der Waals surface area contributed by atoms with Crippen LogP contribution in [0.1, 0.15) is 13.3 Å². The number of hydrogen-bond acceptors (Lipinski definition) is 10. The molecule has 142 valence electrons. The van der Waals surface area contributed by atoms with Crippen molar-refractivity contribution in [1.82, 2.24) is 0 Å². The molecule has 5 aliphatic rings. The van der Waals surface area contributed by atoms with E-state index < -0.39 is 73.1 Å². The Hall–Kier alpha value is -0.400. The molecule has 12 unspecified atom stereocenters. The SMILES string of the molecule is CC12OC1C1OC3CC1(O)C2C(OC1OC(CO)C(O)C(O)C1O)O3. The lowest BCUT2D eigenvalue weighted by molar-refractivity contribution is -0.372. The average molecular weight is 362 g/mol. The minimum absolute atomic E-state index is 0.239. The van der Waals surface area contributed by atoms with Crippen molar-refractivity contribution in [3.05, 3.63) is 0 Å². The van der Waals surface area contributed by atoms with Crippen LogP contribution in [-0.2, 0) is 23.7 Å². The van der Waals surface area contributed by atoms with Crippen molar-refractivity contribution in [3.63, 3.8) is 0 Å². The van der Waals surface area contributed by atoms with Gasteiger partial charge in [0.1, 0.15) is 47.8 Å². The van der Waals surface area contributed by atoms with Crippen molar-refractivity contribution in [1.29, 1.82) is 0 Å². The Morgan fingerprint density at radius 1 is 1.00 bits per heavy atom. The molecule has 0 spiro atoms. The smallest absolute Gasteiger partial charge is 0.189 e. The van der Waals surface area contributed by atoms with Crippen LogP contribution in [-0.4, -0.2) is 98.8 Å². The van der Waals surface area contributed by atoms with E-state index in [1.165, 1.54) is 0 Å². The van der Waals surface area contributed by atoms with Crippen molar-refractivity contribution in [2.24, 2.45) is 5.92 Å². The van der Waals surface area contributed by atoms with Crippen molar-refractivity contribution in [3.8, 4) is 0 Å². The van der Waals surface area contributed by atoms with Gasteiger partial charge in [-0.25, -0.2) is 0 Å². The first-order valence-electron chi connectivity index (χ1n) is 8.46. The number of aliphatic hydroxyl groups is 5. The van der Waals surface area contributed by atoms with E-state index in [9.17, 15) is 25.5 Å². The zero-order chi connectivity index (χ0) is 17.7. The summed E-state index contributed by atoms with van der Waals surface area (Å²) in [6.45, 7) is 1.29. The highest BCUT2D eigenvalue weighted by molar-refractivity contribution is 5.28. The van der Waals surface area contributed by atoms with Crippen molar-refractivity contribution in [2.45, 2.75) is 80.0 Å². The Balaban J connectivity index is 1.39. The summed E-state index contributed by atoms with van der Waals surface area (Å²) in [7, 11) is 0. The van der Waals surface area contributed by atoms with Gasteiger partial charge in [0.25, 0.3) is 0 Å². The Morgan fingerprint density at radius 2 is 1.76 bits per heavy atom. The van der Waals surface area contributed by atoms with E-state index in [4.69, 9.17) is 23.7 Å². The summed E-state index contributed by atoms with van der Waals surface area (Å²) in [5, 5.41) is 50.2. The summed E-state index contributed by atoms with van der Waals surface area (Å²) in [6.07, 6.45) is -9.06.